The Hall–Kier alpha value is -0.830. The van der Waals surface area contributed by atoms with Crippen molar-refractivity contribution in [2.75, 3.05) is 7.11 Å². The topological polar surface area (TPSA) is 26.3 Å². The molecular weight excluding hydrogens is 256 g/mol. The van der Waals surface area contributed by atoms with Gasteiger partial charge in [-0.15, -0.1) is 0 Å². The number of hydrogen-bond donors (Lipinski definition) is 0. The van der Waals surface area contributed by atoms with Crippen LogP contribution in [-0.4, -0.2) is 13.1 Å². The molecule has 0 saturated heterocycles. The average molecular weight is 269 g/mol. The Morgan fingerprint density at radius 2 is 2.27 bits per heavy atom. The van der Waals surface area contributed by atoms with Crippen molar-refractivity contribution in [2.24, 2.45) is 0 Å². The van der Waals surface area contributed by atoms with Gasteiger partial charge in [-0.25, -0.2) is 0 Å². The van der Waals surface area contributed by atoms with Gasteiger partial charge >= 0.3 is 5.97 Å². The summed E-state index contributed by atoms with van der Waals surface area (Å²) in [5.74, 6) is -0.139. The molecule has 0 amide bonds. The van der Waals surface area contributed by atoms with Crippen LogP contribution in [0, 0.1) is 0 Å². The van der Waals surface area contributed by atoms with Crippen LogP contribution in [0.3, 0.4) is 0 Å². The number of ether oxygens (including phenoxy) is 1. The number of esters is 1. The molecule has 1 aromatic rings. The van der Waals surface area contributed by atoms with E-state index in [0.29, 0.717) is 0 Å². The van der Waals surface area contributed by atoms with Crippen molar-refractivity contribution < 1.29 is 9.53 Å². The minimum atomic E-state index is -0.464. The Bertz CT molecular complexity index is 414. The number of benzene rings is 1. The first-order valence-electron chi connectivity index (χ1n) is 4.95. The summed E-state index contributed by atoms with van der Waals surface area (Å²) in [5.41, 5.74) is 1.89. The maximum Gasteiger partial charge on any atom is 0.316 e. The predicted octanol–water partition coefficient (Wildman–Crippen LogP) is 2.83. The van der Waals surface area contributed by atoms with E-state index in [1.807, 2.05) is 19.1 Å². The lowest BCUT2D eigenvalue weighted by molar-refractivity contribution is -0.146. The quantitative estimate of drug-likeness (QED) is 0.733. The fraction of sp³-hybridized carbons (Fsp3) is 0.417. The van der Waals surface area contributed by atoms with Crippen molar-refractivity contribution >= 4 is 21.9 Å². The lowest BCUT2D eigenvalue weighted by atomic mass is 9.84. The van der Waals surface area contributed by atoms with Crippen LogP contribution in [0.1, 0.15) is 24.5 Å². The van der Waals surface area contributed by atoms with Crippen LogP contribution in [0.25, 0.3) is 0 Å². The first kappa shape index (κ1) is 10.7. The molecule has 1 aliphatic carbocycles. The Morgan fingerprint density at radius 3 is 2.93 bits per heavy atom. The molecule has 2 nitrogen and oxygen atoms in total. The number of fused-ring (bicyclic) bond motifs is 1. The zero-order chi connectivity index (χ0) is 11.1. The lowest BCUT2D eigenvalue weighted by Gasteiger charge is -2.22. The summed E-state index contributed by atoms with van der Waals surface area (Å²) in [7, 11) is 1.45. The molecular formula is C12H13BrO2. The van der Waals surface area contributed by atoms with Crippen LogP contribution >= 0.6 is 15.9 Å². The second-order valence-electron chi connectivity index (χ2n) is 4.13. The van der Waals surface area contributed by atoms with Gasteiger partial charge in [0.1, 0.15) is 0 Å². The van der Waals surface area contributed by atoms with Gasteiger partial charge in [0.2, 0.25) is 0 Å². The van der Waals surface area contributed by atoms with Gasteiger partial charge in [-0.2, -0.15) is 0 Å². The molecule has 0 saturated carbocycles. The van der Waals surface area contributed by atoms with Gasteiger partial charge in [0.05, 0.1) is 12.5 Å². The molecule has 1 aliphatic rings. The zero-order valence-electron chi connectivity index (χ0n) is 8.84. The van der Waals surface area contributed by atoms with Crippen molar-refractivity contribution in [2.45, 2.75) is 25.2 Å². The number of methoxy groups -OCH3 is 1. The molecule has 0 spiro atoms. The standard InChI is InChI=1S/C12H13BrO2/c1-12(11(14)15-2)6-5-8-3-4-9(13)7-10(8)12/h3-4,7H,5-6H2,1-2H3. The Morgan fingerprint density at radius 1 is 1.53 bits per heavy atom. The van der Waals surface area contributed by atoms with E-state index in [4.69, 9.17) is 4.74 Å². The Kier molecular flexibility index (Phi) is 2.59. The number of aryl methyl sites for hydroxylation is 1. The van der Waals surface area contributed by atoms with E-state index in [1.165, 1.54) is 12.7 Å². The third-order valence-electron chi connectivity index (χ3n) is 3.20. The van der Waals surface area contributed by atoms with Crippen molar-refractivity contribution in [3.63, 3.8) is 0 Å². The van der Waals surface area contributed by atoms with Crippen LogP contribution in [0.4, 0.5) is 0 Å². The zero-order valence-corrected chi connectivity index (χ0v) is 10.4. The van der Waals surface area contributed by atoms with E-state index in [0.717, 1.165) is 22.9 Å². The first-order valence-corrected chi connectivity index (χ1v) is 5.74. The van der Waals surface area contributed by atoms with Crippen LogP contribution in [0.5, 0.6) is 0 Å². The first-order chi connectivity index (χ1) is 7.08. The molecule has 0 heterocycles. The Labute approximate surface area is 97.8 Å². The average Bonchev–Trinajstić information content (AvgIpc) is 2.57. The van der Waals surface area contributed by atoms with Crippen LogP contribution in [0.2, 0.25) is 0 Å². The van der Waals surface area contributed by atoms with E-state index < -0.39 is 5.41 Å². The highest BCUT2D eigenvalue weighted by Gasteiger charge is 2.41. The number of carbonyl (C=O) groups excluding carboxylic acids is 1. The highest BCUT2D eigenvalue weighted by atomic mass is 79.9. The molecule has 80 valence electrons. The molecule has 0 aromatic heterocycles. The summed E-state index contributed by atoms with van der Waals surface area (Å²) >= 11 is 3.44. The molecule has 1 atom stereocenters. The van der Waals surface area contributed by atoms with Gasteiger partial charge in [0, 0.05) is 4.47 Å². The van der Waals surface area contributed by atoms with E-state index in [-0.39, 0.29) is 5.97 Å². The fourth-order valence-corrected chi connectivity index (χ4v) is 2.60. The molecule has 0 N–H and O–H groups in total. The fourth-order valence-electron chi connectivity index (χ4n) is 2.24. The minimum absolute atomic E-state index is 0.139. The highest BCUT2D eigenvalue weighted by Crippen LogP contribution is 2.40. The van der Waals surface area contributed by atoms with Gasteiger partial charge in [-0.3, -0.25) is 4.79 Å². The number of halogens is 1. The molecule has 0 fully saturated rings. The summed E-state index contributed by atoms with van der Waals surface area (Å²) in [6.07, 6.45) is 1.79. The van der Waals surface area contributed by atoms with Gasteiger partial charge in [-0.1, -0.05) is 22.0 Å². The third kappa shape index (κ3) is 1.59. The largest absolute Gasteiger partial charge is 0.468 e. The van der Waals surface area contributed by atoms with Crippen molar-refractivity contribution in [3.05, 3.63) is 33.8 Å². The summed E-state index contributed by atoms with van der Waals surface area (Å²) in [6, 6.07) is 6.12. The van der Waals surface area contributed by atoms with Crippen LogP contribution < -0.4 is 0 Å². The van der Waals surface area contributed by atoms with Gasteiger partial charge in [0.25, 0.3) is 0 Å². The lowest BCUT2D eigenvalue weighted by Crippen LogP contribution is -2.31. The highest BCUT2D eigenvalue weighted by molar-refractivity contribution is 9.10. The molecule has 1 unspecified atom stereocenters. The summed E-state index contributed by atoms with van der Waals surface area (Å²) in [6.45, 7) is 1.96. The van der Waals surface area contributed by atoms with E-state index in [1.54, 1.807) is 0 Å². The van der Waals surface area contributed by atoms with Gasteiger partial charge in [-0.05, 0) is 43.0 Å². The molecule has 3 heteroatoms. The van der Waals surface area contributed by atoms with Crippen molar-refractivity contribution in [1.82, 2.24) is 0 Å². The molecule has 15 heavy (non-hydrogen) atoms. The van der Waals surface area contributed by atoms with Gasteiger partial charge < -0.3 is 4.74 Å². The molecule has 0 bridgehead atoms. The maximum atomic E-state index is 11.8. The second-order valence-corrected chi connectivity index (χ2v) is 5.04. The van der Waals surface area contributed by atoms with Crippen LogP contribution in [0.15, 0.2) is 22.7 Å². The number of hydrogen-bond acceptors (Lipinski definition) is 2. The van der Waals surface area contributed by atoms with E-state index >= 15 is 0 Å². The maximum absolute atomic E-state index is 11.8. The monoisotopic (exact) mass is 268 g/mol. The molecule has 0 radical (unpaired) electrons. The minimum Gasteiger partial charge on any atom is -0.468 e. The SMILES string of the molecule is COC(=O)C1(C)CCc2ccc(Br)cc21. The van der Waals surface area contributed by atoms with Crippen molar-refractivity contribution in [1.29, 1.82) is 0 Å². The second kappa shape index (κ2) is 3.63. The van der Waals surface area contributed by atoms with Gasteiger partial charge in [0.15, 0.2) is 0 Å². The Balaban J connectivity index is 2.51. The van der Waals surface area contributed by atoms with E-state index in [9.17, 15) is 4.79 Å². The predicted molar refractivity (Wildman–Crippen MR) is 61.8 cm³/mol. The summed E-state index contributed by atoms with van der Waals surface area (Å²) < 4.78 is 5.89. The van der Waals surface area contributed by atoms with E-state index in [2.05, 4.69) is 22.0 Å². The summed E-state index contributed by atoms with van der Waals surface area (Å²) in [4.78, 5) is 11.8. The third-order valence-corrected chi connectivity index (χ3v) is 3.69. The summed E-state index contributed by atoms with van der Waals surface area (Å²) in [5, 5.41) is 0. The number of carbonyl (C=O) groups is 1. The normalized spacial score (nSPS) is 23.7. The molecule has 2 rings (SSSR count). The van der Waals surface area contributed by atoms with Crippen LogP contribution in [-0.2, 0) is 21.4 Å². The molecule has 1 aromatic carbocycles. The number of rotatable bonds is 1. The smallest absolute Gasteiger partial charge is 0.316 e. The van der Waals surface area contributed by atoms with Crippen molar-refractivity contribution in [3.8, 4) is 0 Å². The molecule has 0 aliphatic heterocycles.